The Bertz CT molecular complexity index is 1080. The highest BCUT2D eigenvalue weighted by molar-refractivity contribution is 6.37. The largest absolute Gasteiger partial charge is 0.416 e. The number of rotatable bonds is 4. The molecule has 3 aromatic carbocycles. The first-order chi connectivity index (χ1) is 15.5. The zero-order valence-corrected chi connectivity index (χ0v) is 18.4. The minimum Gasteiger partial charge on any atom is -0.308 e. The van der Waals surface area contributed by atoms with Crippen LogP contribution in [0.1, 0.15) is 16.7 Å². The average Bonchev–Trinajstić information content (AvgIpc) is 2.73. The van der Waals surface area contributed by atoms with E-state index in [0.29, 0.717) is 23.5 Å². The Kier molecular flexibility index (Phi) is 7.13. The summed E-state index contributed by atoms with van der Waals surface area (Å²) in [6.45, 7) is 3.74. The van der Waals surface area contributed by atoms with Crippen molar-refractivity contribution >= 4 is 46.4 Å². The SMILES string of the molecule is Cc1ccc(NC(=O)Nc2cc(C(F)(F)F)cc(NC(=O)Nc3ccc(C)cc3)c2Cl)cc1. The topological polar surface area (TPSA) is 82.3 Å². The predicted octanol–water partition coefficient (Wildman–Crippen LogP) is 7.26. The molecule has 0 radical (unpaired) electrons. The number of carbonyl (C=O) groups excluding carboxylic acids is 2. The van der Waals surface area contributed by atoms with E-state index in [1.54, 1.807) is 48.5 Å². The molecule has 0 aromatic heterocycles. The number of anilines is 4. The third kappa shape index (κ3) is 6.63. The molecule has 6 nitrogen and oxygen atoms in total. The van der Waals surface area contributed by atoms with Crippen molar-refractivity contribution in [2.45, 2.75) is 20.0 Å². The molecule has 0 heterocycles. The minimum absolute atomic E-state index is 0.263. The fraction of sp³-hybridized carbons (Fsp3) is 0.130. The molecule has 0 unspecified atom stereocenters. The van der Waals surface area contributed by atoms with E-state index in [4.69, 9.17) is 11.6 Å². The number of carbonyl (C=O) groups is 2. The van der Waals surface area contributed by atoms with Crippen LogP contribution in [0.5, 0.6) is 0 Å². The molecule has 4 amide bonds. The van der Waals surface area contributed by atoms with Gasteiger partial charge in [0.2, 0.25) is 0 Å². The van der Waals surface area contributed by atoms with Gasteiger partial charge in [0.05, 0.1) is 22.0 Å². The van der Waals surface area contributed by atoms with Crippen LogP contribution in [0.4, 0.5) is 45.5 Å². The summed E-state index contributed by atoms with van der Waals surface area (Å²) < 4.78 is 40.3. The Morgan fingerprint density at radius 2 is 1.06 bits per heavy atom. The molecule has 33 heavy (non-hydrogen) atoms. The number of halogens is 4. The van der Waals surface area contributed by atoms with Crippen LogP contribution in [0.2, 0.25) is 5.02 Å². The summed E-state index contributed by atoms with van der Waals surface area (Å²) in [6, 6.07) is 13.4. The van der Waals surface area contributed by atoms with Crippen LogP contribution in [-0.4, -0.2) is 12.1 Å². The molecular weight excluding hydrogens is 457 g/mol. The van der Waals surface area contributed by atoms with Gasteiger partial charge in [0.25, 0.3) is 0 Å². The summed E-state index contributed by atoms with van der Waals surface area (Å²) >= 11 is 6.21. The van der Waals surface area contributed by atoms with Crippen LogP contribution in [0, 0.1) is 13.8 Å². The average molecular weight is 477 g/mol. The summed E-state index contributed by atoms with van der Waals surface area (Å²) in [4.78, 5) is 24.6. The molecule has 0 fully saturated rings. The van der Waals surface area contributed by atoms with Crippen LogP contribution in [0.25, 0.3) is 0 Å². The number of benzene rings is 3. The molecule has 0 bridgehead atoms. The van der Waals surface area contributed by atoms with Crippen molar-refractivity contribution in [2.75, 3.05) is 21.3 Å². The fourth-order valence-corrected chi connectivity index (χ4v) is 3.02. The van der Waals surface area contributed by atoms with Crippen molar-refractivity contribution in [1.82, 2.24) is 0 Å². The van der Waals surface area contributed by atoms with Gasteiger partial charge in [0.15, 0.2) is 0 Å². The lowest BCUT2D eigenvalue weighted by atomic mass is 10.1. The Labute approximate surface area is 193 Å². The van der Waals surface area contributed by atoms with Crippen LogP contribution in [-0.2, 0) is 6.18 Å². The van der Waals surface area contributed by atoms with Gasteiger partial charge in [-0.1, -0.05) is 47.0 Å². The number of urea groups is 2. The number of aryl methyl sites for hydroxylation is 2. The van der Waals surface area contributed by atoms with Gasteiger partial charge in [0.1, 0.15) is 0 Å². The smallest absolute Gasteiger partial charge is 0.308 e. The normalized spacial score (nSPS) is 11.0. The Hall–Kier alpha value is -3.72. The van der Waals surface area contributed by atoms with Crippen LogP contribution in [0.15, 0.2) is 60.7 Å². The highest BCUT2D eigenvalue weighted by Gasteiger charge is 2.32. The van der Waals surface area contributed by atoms with Gasteiger partial charge in [-0.05, 0) is 50.2 Å². The zero-order chi connectivity index (χ0) is 24.2. The predicted molar refractivity (Wildman–Crippen MR) is 124 cm³/mol. The molecular formula is C23H20ClF3N4O2. The molecule has 0 spiro atoms. The van der Waals surface area contributed by atoms with E-state index in [9.17, 15) is 22.8 Å². The van der Waals surface area contributed by atoms with E-state index in [2.05, 4.69) is 21.3 Å². The third-order valence-electron chi connectivity index (χ3n) is 4.52. The maximum atomic E-state index is 13.4. The zero-order valence-electron chi connectivity index (χ0n) is 17.6. The van der Waals surface area contributed by atoms with E-state index in [1.807, 2.05) is 13.8 Å². The van der Waals surface area contributed by atoms with Crippen LogP contribution >= 0.6 is 11.6 Å². The number of amides is 4. The van der Waals surface area contributed by atoms with Gasteiger partial charge in [0, 0.05) is 11.4 Å². The monoisotopic (exact) mass is 476 g/mol. The second-order valence-corrected chi connectivity index (χ2v) is 7.65. The van der Waals surface area contributed by atoms with Crippen molar-refractivity contribution in [1.29, 1.82) is 0 Å². The lowest BCUT2D eigenvalue weighted by Crippen LogP contribution is -2.22. The Morgan fingerprint density at radius 1 is 0.697 bits per heavy atom. The molecule has 4 N–H and O–H groups in total. The lowest BCUT2D eigenvalue weighted by molar-refractivity contribution is -0.137. The fourth-order valence-electron chi connectivity index (χ4n) is 2.81. The van der Waals surface area contributed by atoms with Crippen LogP contribution < -0.4 is 21.3 Å². The van der Waals surface area contributed by atoms with Gasteiger partial charge in [-0.2, -0.15) is 13.2 Å². The molecule has 0 aliphatic carbocycles. The molecule has 0 saturated heterocycles. The molecule has 0 aliphatic heterocycles. The molecule has 3 aromatic rings. The van der Waals surface area contributed by atoms with Crippen molar-refractivity contribution in [3.05, 3.63) is 82.4 Å². The van der Waals surface area contributed by atoms with Gasteiger partial charge in [-0.15, -0.1) is 0 Å². The van der Waals surface area contributed by atoms with Crippen LogP contribution in [0.3, 0.4) is 0 Å². The first-order valence-corrected chi connectivity index (χ1v) is 10.1. The van der Waals surface area contributed by atoms with E-state index in [-0.39, 0.29) is 16.4 Å². The van der Waals surface area contributed by atoms with Crippen molar-refractivity contribution in [3.8, 4) is 0 Å². The second-order valence-electron chi connectivity index (χ2n) is 7.27. The Balaban J connectivity index is 1.82. The minimum atomic E-state index is -4.74. The van der Waals surface area contributed by atoms with E-state index < -0.39 is 23.8 Å². The quantitative estimate of drug-likeness (QED) is 0.319. The summed E-state index contributed by atoms with van der Waals surface area (Å²) in [5.41, 5.74) is 1.10. The highest BCUT2D eigenvalue weighted by Crippen LogP contribution is 2.39. The van der Waals surface area contributed by atoms with Gasteiger partial charge in [-0.25, -0.2) is 9.59 Å². The first-order valence-electron chi connectivity index (χ1n) is 9.71. The second kappa shape index (κ2) is 9.83. The molecule has 0 saturated carbocycles. The molecule has 3 rings (SSSR count). The molecule has 10 heteroatoms. The number of hydrogen-bond donors (Lipinski definition) is 4. The molecule has 0 atom stereocenters. The molecule has 0 aliphatic rings. The standard InChI is InChI=1S/C23H20ClF3N4O2/c1-13-3-7-16(8-4-13)28-21(32)30-18-11-15(23(25,26)27)12-19(20(18)24)31-22(33)29-17-9-5-14(2)6-10-17/h3-12H,1-2H3,(H2,28,30,32)(H2,29,31,33). The number of alkyl halides is 3. The number of hydrogen-bond acceptors (Lipinski definition) is 2. The van der Waals surface area contributed by atoms with E-state index >= 15 is 0 Å². The first kappa shape index (κ1) is 23.9. The molecule has 172 valence electrons. The third-order valence-corrected chi connectivity index (χ3v) is 4.92. The summed E-state index contributed by atoms with van der Waals surface area (Å²) in [7, 11) is 0. The maximum Gasteiger partial charge on any atom is 0.416 e. The van der Waals surface area contributed by atoms with Crippen molar-refractivity contribution in [2.24, 2.45) is 0 Å². The summed E-state index contributed by atoms with van der Waals surface area (Å²) in [6.07, 6.45) is -4.74. The van der Waals surface area contributed by atoms with E-state index in [0.717, 1.165) is 11.1 Å². The Morgan fingerprint density at radius 3 is 1.39 bits per heavy atom. The lowest BCUT2D eigenvalue weighted by Gasteiger charge is -2.17. The summed E-state index contributed by atoms with van der Waals surface area (Å²) in [5, 5.41) is 9.36. The highest BCUT2D eigenvalue weighted by atomic mass is 35.5. The van der Waals surface area contributed by atoms with Gasteiger partial charge >= 0.3 is 18.2 Å². The van der Waals surface area contributed by atoms with E-state index in [1.165, 1.54) is 0 Å². The maximum absolute atomic E-state index is 13.4. The van der Waals surface area contributed by atoms with Gasteiger partial charge in [-0.3, -0.25) is 0 Å². The summed E-state index contributed by atoms with van der Waals surface area (Å²) in [5.74, 6) is 0. The van der Waals surface area contributed by atoms with Crippen molar-refractivity contribution in [3.63, 3.8) is 0 Å². The van der Waals surface area contributed by atoms with Gasteiger partial charge < -0.3 is 21.3 Å². The van der Waals surface area contributed by atoms with Crippen molar-refractivity contribution < 1.29 is 22.8 Å². The number of nitrogens with one attached hydrogen (secondary N) is 4.